The summed E-state index contributed by atoms with van der Waals surface area (Å²) < 4.78 is 7.68. The number of imidazole rings is 1. The van der Waals surface area contributed by atoms with Gasteiger partial charge in [-0.1, -0.05) is 36.4 Å². The fourth-order valence-electron chi connectivity index (χ4n) is 4.98. The largest absolute Gasteiger partial charge is 0.445 e. The monoisotopic (exact) mass is 495 g/mol. The van der Waals surface area contributed by atoms with Gasteiger partial charge in [0.15, 0.2) is 5.82 Å². The van der Waals surface area contributed by atoms with Crippen molar-refractivity contribution in [1.82, 2.24) is 24.4 Å². The molecule has 1 amide bonds. The third kappa shape index (κ3) is 4.33. The van der Waals surface area contributed by atoms with E-state index >= 15 is 0 Å². The number of aromatic nitrogens is 4. The van der Waals surface area contributed by atoms with Crippen LogP contribution >= 0.6 is 0 Å². The maximum Gasteiger partial charge on any atom is 0.410 e. The van der Waals surface area contributed by atoms with E-state index in [1.165, 1.54) is 5.69 Å². The van der Waals surface area contributed by atoms with Crippen molar-refractivity contribution in [3.8, 4) is 11.3 Å². The molecule has 1 aliphatic heterocycles. The molecule has 9 heteroatoms. The quantitative estimate of drug-likeness (QED) is 0.370. The molecule has 0 bridgehead atoms. The lowest BCUT2D eigenvalue weighted by molar-refractivity contribution is 0.0942. The maximum absolute atomic E-state index is 12.7. The molecule has 2 aromatic carbocycles. The first-order chi connectivity index (χ1) is 18.1. The van der Waals surface area contributed by atoms with Crippen LogP contribution < -0.4 is 10.2 Å². The Kier molecular flexibility index (Phi) is 5.88. The summed E-state index contributed by atoms with van der Waals surface area (Å²) in [5, 5.41) is 4.15. The van der Waals surface area contributed by atoms with Gasteiger partial charge in [-0.05, 0) is 35.4 Å². The Balaban J connectivity index is 1.14. The molecule has 0 atom stereocenters. The second-order valence-corrected chi connectivity index (χ2v) is 9.27. The molecule has 0 radical (unpaired) electrons. The number of amides is 1. The van der Waals surface area contributed by atoms with E-state index in [1.807, 2.05) is 61.1 Å². The van der Waals surface area contributed by atoms with Gasteiger partial charge >= 0.3 is 6.09 Å². The number of fused-ring (bicyclic) bond motifs is 3. The van der Waals surface area contributed by atoms with Crippen LogP contribution in [-0.4, -0.2) is 63.7 Å². The van der Waals surface area contributed by atoms with E-state index < -0.39 is 0 Å². The van der Waals surface area contributed by atoms with Gasteiger partial charge in [0.2, 0.25) is 0 Å². The summed E-state index contributed by atoms with van der Waals surface area (Å²) in [6.45, 7) is 3.10. The summed E-state index contributed by atoms with van der Waals surface area (Å²) in [6, 6.07) is 20.4. The van der Waals surface area contributed by atoms with Crippen LogP contribution in [0.3, 0.4) is 0 Å². The van der Waals surface area contributed by atoms with Crippen LogP contribution in [0.4, 0.5) is 16.3 Å². The number of carbonyl (C=O) groups is 1. The zero-order valence-corrected chi connectivity index (χ0v) is 20.9. The fourth-order valence-corrected chi connectivity index (χ4v) is 4.98. The molecule has 0 saturated carbocycles. The number of ether oxygens (including phenoxy) is 1. The van der Waals surface area contributed by atoms with Crippen LogP contribution in [-0.2, 0) is 18.4 Å². The van der Waals surface area contributed by atoms with Crippen molar-refractivity contribution in [2.45, 2.75) is 6.61 Å². The Morgan fingerprint density at radius 2 is 1.86 bits per heavy atom. The molecule has 5 aromatic rings. The van der Waals surface area contributed by atoms with E-state index in [2.05, 4.69) is 38.4 Å². The number of hydrogen-bond acceptors (Lipinski definition) is 6. The number of H-pyrrole nitrogens is 1. The van der Waals surface area contributed by atoms with Crippen molar-refractivity contribution in [1.29, 1.82) is 0 Å². The van der Waals surface area contributed by atoms with Crippen LogP contribution in [0.1, 0.15) is 5.56 Å². The van der Waals surface area contributed by atoms with Crippen LogP contribution in [0, 0.1) is 0 Å². The Hall–Kier alpha value is -4.53. The molecule has 1 aliphatic rings. The lowest BCUT2D eigenvalue weighted by Gasteiger charge is -2.35. The molecule has 9 nitrogen and oxygen atoms in total. The van der Waals surface area contributed by atoms with Gasteiger partial charge in [0, 0.05) is 57.0 Å². The average Bonchev–Trinajstić information content (AvgIpc) is 3.55. The van der Waals surface area contributed by atoms with Gasteiger partial charge in [-0.25, -0.2) is 14.8 Å². The molecule has 1 saturated heterocycles. The molecular weight excluding hydrogens is 466 g/mol. The molecule has 0 spiro atoms. The van der Waals surface area contributed by atoms with E-state index in [1.54, 1.807) is 11.2 Å². The number of rotatable bonds is 5. The van der Waals surface area contributed by atoms with Gasteiger partial charge in [-0.15, -0.1) is 0 Å². The first-order valence-corrected chi connectivity index (χ1v) is 12.4. The summed E-state index contributed by atoms with van der Waals surface area (Å²) in [6.07, 6.45) is 1.53. The summed E-state index contributed by atoms with van der Waals surface area (Å²) in [4.78, 5) is 29.5. The second kappa shape index (κ2) is 9.50. The fraction of sp³-hybridized carbons (Fsp3) is 0.250. The normalized spacial score (nSPS) is 13.9. The third-order valence-electron chi connectivity index (χ3n) is 6.93. The number of hydrogen-bond donors (Lipinski definition) is 2. The Labute approximate surface area is 214 Å². The highest BCUT2D eigenvalue weighted by Gasteiger charge is 2.22. The second-order valence-electron chi connectivity index (χ2n) is 9.27. The number of para-hydroxylation sites is 1. The number of aryl methyl sites for hydroxylation is 1. The molecule has 188 valence electrons. The first kappa shape index (κ1) is 22.9. The minimum Gasteiger partial charge on any atom is -0.445 e. The lowest BCUT2D eigenvalue weighted by Crippen LogP contribution is -2.48. The van der Waals surface area contributed by atoms with Crippen molar-refractivity contribution in [3.05, 3.63) is 72.6 Å². The molecule has 2 N–H and O–H groups in total. The number of carbonyl (C=O) groups excluding carboxylic acids is 1. The predicted molar refractivity (Wildman–Crippen MR) is 146 cm³/mol. The molecule has 1 fully saturated rings. The topological polar surface area (TPSA) is 91.3 Å². The highest BCUT2D eigenvalue weighted by atomic mass is 16.6. The minimum absolute atomic E-state index is 0.222. The Morgan fingerprint density at radius 3 is 2.65 bits per heavy atom. The average molecular weight is 496 g/mol. The van der Waals surface area contributed by atoms with Crippen LogP contribution in [0.15, 0.2) is 67.0 Å². The Morgan fingerprint density at radius 1 is 1.05 bits per heavy atom. The standard InChI is InChI=1S/C28H29N7O2/c1-29-27-24-25(33(2)18-30-24)22-16-23(31-26(22)32-27)20-8-6-7-19(15-20)17-37-28(36)35-13-11-34(12-14-35)21-9-4-3-5-10-21/h3-10,15-16,18H,11-14,17H2,1-2H3,(H2,29,31,32). The lowest BCUT2D eigenvalue weighted by atomic mass is 10.1. The van der Waals surface area contributed by atoms with Gasteiger partial charge in [-0.2, -0.15) is 0 Å². The highest BCUT2D eigenvalue weighted by Crippen LogP contribution is 2.32. The van der Waals surface area contributed by atoms with E-state index in [-0.39, 0.29) is 12.7 Å². The number of benzene rings is 2. The number of anilines is 2. The summed E-state index contributed by atoms with van der Waals surface area (Å²) in [5.74, 6) is 0.738. The number of nitrogens with zero attached hydrogens (tertiary/aromatic N) is 5. The van der Waals surface area contributed by atoms with Crippen LogP contribution in [0.25, 0.3) is 33.3 Å². The van der Waals surface area contributed by atoms with Gasteiger partial charge in [0.1, 0.15) is 17.8 Å². The molecule has 6 rings (SSSR count). The first-order valence-electron chi connectivity index (χ1n) is 12.4. The van der Waals surface area contributed by atoms with Crippen molar-refractivity contribution in [2.24, 2.45) is 7.05 Å². The third-order valence-corrected chi connectivity index (χ3v) is 6.93. The van der Waals surface area contributed by atoms with Crippen molar-refractivity contribution >= 4 is 39.7 Å². The van der Waals surface area contributed by atoms with E-state index in [4.69, 9.17) is 9.72 Å². The number of aromatic amines is 1. The highest BCUT2D eigenvalue weighted by molar-refractivity contribution is 6.07. The van der Waals surface area contributed by atoms with Crippen LogP contribution in [0.5, 0.6) is 0 Å². The summed E-state index contributed by atoms with van der Waals surface area (Å²) >= 11 is 0. The van der Waals surface area contributed by atoms with E-state index in [9.17, 15) is 4.79 Å². The van der Waals surface area contributed by atoms with Crippen molar-refractivity contribution < 1.29 is 9.53 Å². The maximum atomic E-state index is 12.7. The van der Waals surface area contributed by atoms with Crippen molar-refractivity contribution in [3.63, 3.8) is 0 Å². The van der Waals surface area contributed by atoms with Gasteiger partial charge < -0.3 is 29.4 Å². The Bertz CT molecular complexity index is 1570. The number of piperazine rings is 1. The summed E-state index contributed by atoms with van der Waals surface area (Å²) in [5.41, 5.74) is 6.73. The zero-order chi connectivity index (χ0) is 25.4. The zero-order valence-electron chi connectivity index (χ0n) is 20.9. The molecule has 4 heterocycles. The summed E-state index contributed by atoms with van der Waals surface area (Å²) in [7, 11) is 3.83. The van der Waals surface area contributed by atoms with E-state index in [0.29, 0.717) is 13.1 Å². The smallest absolute Gasteiger partial charge is 0.410 e. The molecule has 0 unspecified atom stereocenters. The van der Waals surface area contributed by atoms with Crippen LogP contribution in [0.2, 0.25) is 0 Å². The number of nitrogens with one attached hydrogen (secondary N) is 2. The van der Waals surface area contributed by atoms with Gasteiger partial charge in [-0.3, -0.25) is 0 Å². The predicted octanol–water partition coefficient (Wildman–Crippen LogP) is 4.62. The number of pyridine rings is 1. The molecule has 0 aliphatic carbocycles. The van der Waals surface area contributed by atoms with Gasteiger partial charge in [0.05, 0.1) is 11.8 Å². The SMILES string of the molecule is CNc1nc2[nH]c(-c3cccc(COC(=O)N4CCN(c5ccccc5)CC4)c3)cc2c2c1ncn2C. The van der Waals surface area contributed by atoms with E-state index in [0.717, 1.165) is 57.8 Å². The molecule has 37 heavy (non-hydrogen) atoms. The molecular formula is C28H29N7O2. The molecule has 3 aromatic heterocycles. The minimum atomic E-state index is -0.272. The van der Waals surface area contributed by atoms with Crippen molar-refractivity contribution in [2.75, 3.05) is 43.4 Å². The van der Waals surface area contributed by atoms with Gasteiger partial charge in [0.25, 0.3) is 0 Å².